The molecule has 0 unspecified atom stereocenters. The summed E-state index contributed by atoms with van der Waals surface area (Å²) >= 11 is 0. The van der Waals surface area contributed by atoms with E-state index in [0.29, 0.717) is 83.0 Å². The molecule has 2 heterocycles. The lowest BCUT2D eigenvalue weighted by Gasteiger charge is -2.37. The SMILES string of the molecule is CCC(=O)Nc1c(C)cc(C(=O)N2CCC(N(C)CCc3ccccc3)CC2)cc1COC(=O)C(=O)OCc1cc(C(=O)N2CCC(N(C)CCc3ccccc3)CC2)cc(C)c1NC(=O)CC. The molecule has 0 saturated carbocycles. The molecule has 0 aromatic heterocycles. The monoisotopic (exact) mass is 929 g/mol. The lowest BCUT2D eigenvalue weighted by Crippen LogP contribution is -2.46. The van der Waals surface area contributed by atoms with Crippen molar-refractivity contribution >= 4 is 46.9 Å². The quantitative estimate of drug-likeness (QED) is 0.0764. The zero-order valence-electron chi connectivity index (χ0n) is 40.6. The fraction of sp³-hybridized carbons (Fsp3) is 0.444. The second-order valence-corrected chi connectivity index (χ2v) is 18.1. The van der Waals surface area contributed by atoms with Crippen LogP contribution in [0.15, 0.2) is 84.9 Å². The Balaban J connectivity index is 1.07. The van der Waals surface area contributed by atoms with Crippen molar-refractivity contribution in [3.63, 3.8) is 0 Å². The third-order valence-corrected chi connectivity index (χ3v) is 13.3. The van der Waals surface area contributed by atoms with Crippen molar-refractivity contribution in [2.24, 2.45) is 0 Å². The Morgan fingerprint density at radius 1 is 0.559 bits per heavy atom. The fourth-order valence-corrected chi connectivity index (χ4v) is 9.06. The summed E-state index contributed by atoms with van der Waals surface area (Å²) in [6, 6.07) is 28.1. The first kappa shape index (κ1) is 51.0. The first-order chi connectivity index (χ1) is 32.7. The number of ether oxygens (including phenoxy) is 2. The highest BCUT2D eigenvalue weighted by Crippen LogP contribution is 2.29. The average molecular weight is 929 g/mol. The predicted molar refractivity (Wildman–Crippen MR) is 263 cm³/mol. The highest BCUT2D eigenvalue weighted by atomic mass is 16.6. The normalized spacial score (nSPS) is 14.5. The molecule has 14 nitrogen and oxygen atoms in total. The predicted octanol–water partition coefficient (Wildman–Crippen LogP) is 7.35. The Hall–Kier alpha value is -6.38. The minimum atomic E-state index is -1.29. The third-order valence-electron chi connectivity index (χ3n) is 13.3. The van der Waals surface area contributed by atoms with E-state index in [0.717, 1.165) is 51.6 Å². The highest BCUT2D eigenvalue weighted by Gasteiger charge is 2.29. The van der Waals surface area contributed by atoms with Crippen LogP contribution >= 0.6 is 0 Å². The fourth-order valence-electron chi connectivity index (χ4n) is 9.06. The summed E-state index contributed by atoms with van der Waals surface area (Å²) in [5.74, 6) is -3.46. The molecule has 0 bridgehead atoms. The molecular formula is C54H68N6O8. The van der Waals surface area contributed by atoms with Crippen LogP contribution in [0, 0.1) is 13.8 Å². The van der Waals surface area contributed by atoms with Crippen LogP contribution in [-0.4, -0.2) is 121 Å². The Morgan fingerprint density at radius 3 is 1.25 bits per heavy atom. The maximum atomic E-state index is 13.9. The maximum absolute atomic E-state index is 13.9. The molecule has 4 amide bonds. The summed E-state index contributed by atoms with van der Waals surface area (Å²) in [6.45, 7) is 10.3. The van der Waals surface area contributed by atoms with Crippen LogP contribution in [0.4, 0.5) is 11.4 Å². The Bertz CT molecular complexity index is 2230. The number of hydrogen-bond donors (Lipinski definition) is 2. The van der Waals surface area contributed by atoms with E-state index in [9.17, 15) is 28.8 Å². The number of amides is 4. The van der Waals surface area contributed by atoms with E-state index >= 15 is 0 Å². The van der Waals surface area contributed by atoms with Gasteiger partial charge in [-0.3, -0.25) is 19.2 Å². The molecule has 2 N–H and O–H groups in total. The topological polar surface area (TPSA) is 158 Å². The highest BCUT2D eigenvalue weighted by molar-refractivity contribution is 6.29. The van der Waals surface area contributed by atoms with Crippen molar-refractivity contribution < 1.29 is 38.2 Å². The molecule has 362 valence electrons. The van der Waals surface area contributed by atoms with Crippen molar-refractivity contribution in [2.45, 2.75) is 104 Å². The van der Waals surface area contributed by atoms with Gasteiger partial charge in [0.2, 0.25) is 11.8 Å². The van der Waals surface area contributed by atoms with Crippen LogP contribution in [0.3, 0.4) is 0 Å². The van der Waals surface area contributed by atoms with Gasteiger partial charge in [-0.2, -0.15) is 0 Å². The first-order valence-corrected chi connectivity index (χ1v) is 24.0. The molecule has 0 radical (unpaired) electrons. The van der Waals surface area contributed by atoms with Gasteiger partial charge in [0.15, 0.2) is 0 Å². The van der Waals surface area contributed by atoms with E-state index in [4.69, 9.17) is 9.47 Å². The van der Waals surface area contributed by atoms with Crippen LogP contribution in [-0.2, 0) is 54.7 Å². The number of benzene rings is 4. The summed E-state index contributed by atoms with van der Waals surface area (Å²) in [4.78, 5) is 87.9. The van der Waals surface area contributed by atoms with Crippen LogP contribution in [0.5, 0.6) is 0 Å². The van der Waals surface area contributed by atoms with Crippen molar-refractivity contribution in [1.82, 2.24) is 19.6 Å². The van der Waals surface area contributed by atoms with E-state index in [1.807, 2.05) is 46.2 Å². The Kier molecular flexibility index (Phi) is 18.4. The number of carbonyl (C=O) groups is 6. The zero-order chi connectivity index (χ0) is 48.7. The number of carbonyl (C=O) groups excluding carboxylic acids is 6. The molecule has 6 rings (SSSR count). The average Bonchev–Trinajstić information content (AvgIpc) is 3.37. The molecule has 68 heavy (non-hydrogen) atoms. The van der Waals surface area contributed by atoms with E-state index in [1.165, 1.54) is 11.1 Å². The number of nitrogens with zero attached hydrogens (tertiary/aromatic N) is 4. The van der Waals surface area contributed by atoms with Crippen LogP contribution in [0.1, 0.15) is 106 Å². The van der Waals surface area contributed by atoms with Gasteiger partial charge in [-0.15, -0.1) is 0 Å². The number of anilines is 2. The van der Waals surface area contributed by atoms with Crippen LogP contribution in [0.2, 0.25) is 0 Å². The number of hydrogen-bond acceptors (Lipinski definition) is 10. The smallest absolute Gasteiger partial charge is 0.417 e. The summed E-state index contributed by atoms with van der Waals surface area (Å²) < 4.78 is 11.0. The largest absolute Gasteiger partial charge is 0.452 e. The molecular weight excluding hydrogens is 861 g/mol. The molecule has 14 heteroatoms. The number of aryl methyl sites for hydroxylation is 2. The number of nitrogens with one attached hydrogen (secondary N) is 2. The van der Waals surface area contributed by atoms with Gasteiger partial charge in [-0.1, -0.05) is 74.5 Å². The van der Waals surface area contributed by atoms with Crippen LogP contribution in [0.25, 0.3) is 0 Å². The molecule has 2 fully saturated rings. The van der Waals surface area contributed by atoms with E-state index in [1.54, 1.807) is 52.0 Å². The number of rotatable bonds is 18. The molecule has 2 aliphatic rings. The summed E-state index contributed by atoms with van der Waals surface area (Å²) in [7, 11) is 4.26. The summed E-state index contributed by atoms with van der Waals surface area (Å²) in [5, 5.41) is 5.72. The summed E-state index contributed by atoms with van der Waals surface area (Å²) in [5.41, 5.74) is 6.01. The lowest BCUT2D eigenvalue weighted by atomic mass is 9.99. The summed E-state index contributed by atoms with van der Waals surface area (Å²) in [6.07, 6.45) is 5.59. The minimum Gasteiger partial charge on any atom is -0.452 e. The standard InChI is InChI=1S/C54H68N6O8/c1-7-47(61)55-49-37(3)31-41(51(63)59-27-21-45(22-28-59)57(5)25-19-39-15-11-9-12-16-39)33-43(49)35-67-53(65)54(66)68-36-44-34-42(32-38(4)50(44)56-48(62)8-2)52(64)60-29-23-46(24-30-60)58(6)26-20-40-17-13-10-14-18-40/h9-18,31-34,45-46H,7-8,19-30,35-36H2,1-6H3,(H,55,61)(H,56,62). The van der Waals surface area contributed by atoms with E-state index in [-0.39, 0.29) is 36.5 Å². The van der Waals surface area contributed by atoms with E-state index in [2.05, 4.69) is 58.8 Å². The van der Waals surface area contributed by atoms with Crippen molar-refractivity contribution in [1.29, 1.82) is 0 Å². The molecule has 2 saturated heterocycles. The second kappa shape index (κ2) is 24.6. The number of likely N-dealkylation sites (N-methyl/N-ethyl adjacent to an activating group) is 2. The van der Waals surface area contributed by atoms with Gasteiger partial charge >= 0.3 is 11.9 Å². The zero-order valence-corrected chi connectivity index (χ0v) is 40.6. The number of esters is 2. The van der Waals surface area contributed by atoms with Gasteiger partial charge in [0.05, 0.1) is 11.4 Å². The van der Waals surface area contributed by atoms with Crippen LogP contribution < -0.4 is 10.6 Å². The molecule has 4 aromatic rings. The van der Waals surface area contributed by atoms with E-state index < -0.39 is 25.2 Å². The lowest BCUT2D eigenvalue weighted by molar-refractivity contribution is -0.169. The molecule has 4 aromatic carbocycles. The number of likely N-dealkylation sites (tertiary alicyclic amines) is 2. The van der Waals surface area contributed by atoms with Gasteiger partial charge < -0.3 is 39.7 Å². The van der Waals surface area contributed by atoms with Gasteiger partial charge in [-0.25, -0.2) is 9.59 Å². The molecule has 0 aliphatic carbocycles. The van der Waals surface area contributed by atoms with Crippen molar-refractivity contribution in [3.8, 4) is 0 Å². The van der Waals surface area contributed by atoms with Gasteiger partial charge in [0.25, 0.3) is 11.8 Å². The molecule has 0 atom stereocenters. The first-order valence-electron chi connectivity index (χ1n) is 24.0. The Labute approximate surface area is 401 Å². The van der Waals surface area contributed by atoms with Gasteiger partial charge in [0, 0.05) is 86.4 Å². The maximum Gasteiger partial charge on any atom is 0.417 e. The second-order valence-electron chi connectivity index (χ2n) is 18.1. The molecule has 0 spiro atoms. The minimum absolute atomic E-state index is 0.174. The number of piperidine rings is 2. The van der Waals surface area contributed by atoms with Gasteiger partial charge in [-0.05, 0) is 113 Å². The van der Waals surface area contributed by atoms with Crippen molar-refractivity contribution in [2.75, 3.05) is 64.0 Å². The van der Waals surface area contributed by atoms with Crippen molar-refractivity contribution in [3.05, 3.63) is 129 Å². The third kappa shape index (κ3) is 13.9. The van der Waals surface area contributed by atoms with Gasteiger partial charge in [0.1, 0.15) is 13.2 Å². The molecule has 2 aliphatic heterocycles. The Morgan fingerprint density at radius 2 is 0.912 bits per heavy atom.